The van der Waals surface area contributed by atoms with E-state index in [1.165, 1.54) is 18.7 Å². The van der Waals surface area contributed by atoms with Crippen molar-refractivity contribution in [3.8, 4) is 0 Å². The first kappa shape index (κ1) is 15.0. The normalized spacial score (nSPS) is 20.0. The molecule has 0 bridgehead atoms. The molecule has 1 fully saturated rings. The third kappa shape index (κ3) is 4.34. The number of rotatable bonds is 6. The Morgan fingerprint density at radius 2 is 2.40 bits per heavy atom. The Balaban J connectivity index is 1.77. The lowest BCUT2D eigenvalue weighted by atomic mass is 9.94. The molecule has 0 aliphatic carbocycles. The number of imidazole rings is 1. The number of hydrogen-bond donors (Lipinski definition) is 1. The fourth-order valence-corrected chi connectivity index (χ4v) is 2.92. The zero-order valence-corrected chi connectivity index (χ0v) is 12.6. The van der Waals surface area contributed by atoms with E-state index in [2.05, 4.69) is 26.8 Å². The average Bonchev–Trinajstić information content (AvgIpc) is 2.83. The zero-order valence-electron chi connectivity index (χ0n) is 12.6. The molecule has 1 aliphatic heterocycles. The van der Waals surface area contributed by atoms with E-state index in [0.717, 1.165) is 32.6 Å². The van der Waals surface area contributed by atoms with E-state index in [4.69, 9.17) is 0 Å². The summed E-state index contributed by atoms with van der Waals surface area (Å²) in [4.78, 5) is 18.4. The molecule has 0 unspecified atom stereocenters. The minimum absolute atomic E-state index is 0.165. The second kappa shape index (κ2) is 7.43. The predicted molar refractivity (Wildman–Crippen MR) is 79.4 cm³/mol. The fraction of sp³-hybridized carbons (Fsp3) is 0.733. The van der Waals surface area contributed by atoms with Crippen LogP contribution in [0.25, 0.3) is 0 Å². The van der Waals surface area contributed by atoms with Gasteiger partial charge in [0.2, 0.25) is 5.91 Å². The van der Waals surface area contributed by atoms with Gasteiger partial charge in [0.15, 0.2) is 0 Å². The van der Waals surface area contributed by atoms with Crippen molar-refractivity contribution in [1.82, 2.24) is 19.8 Å². The van der Waals surface area contributed by atoms with E-state index in [1.807, 2.05) is 19.3 Å². The Labute approximate surface area is 121 Å². The van der Waals surface area contributed by atoms with Gasteiger partial charge in [-0.1, -0.05) is 0 Å². The maximum Gasteiger partial charge on any atom is 0.221 e. The van der Waals surface area contributed by atoms with Gasteiger partial charge in [-0.15, -0.1) is 0 Å². The van der Waals surface area contributed by atoms with E-state index >= 15 is 0 Å². The standard InChI is InChI=1S/C15H26N4O/c1-3-16-15(20)6-9-19-8-4-5-13(12-19)11-14-17-7-10-18(14)2/h7,10,13H,3-6,8-9,11-12H2,1-2H3,(H,16,20)/t13-/m1/s1. The number of nitrogens with zero attached hydrogens (tertiary/aromatic N) is 3. The second-order valence-corrected chi connectivity index (χ2v) is 5.67. The number of carbonyl (C=O) groups is 1. The largest absolute Gasteiger partial charge is 0.356 e. The van der Waals surface area contributed by atoms with Gasteiger partial charge in [-0.05, 0) is 32.2 Å². The van der Waals surface area contributed by atoms with Crippen molar-refractivity contribution in [1.29, 1.82) is 0 Å². The van der Waals surface area contributed by atoms with E-state index < -0.39 is 0 Å². The molecule has 1 saturated heterocycles. The monoisotopic (exact) mass is 278 g/mol. The highest BCUT2D eigenvalue weighted by molar-refractivity contribution is 5.75. The van der Waals surface area contributed by atoms with Gasteiger partial charge in [0, 0.05) is 51.9 Å². The predicted octanol–water partition coefficient (Wildman–Crippen LogP) is 1.20. The smallest absolute Gasteiger partial charge is 0.221 e. The molecule has 0 aromatic carbocycles. The highest BCUT2D eigenvalue weighted by Crippen LogP contribution is 2.20. The van der Waals surface area contributed by atoms with Crippen molar-refractivity contribution < 1.29 is 4.79 Å². The molecular formula is C15H26N4O. The molecule has 1 aliphatic rings. The van der Waals surface area contributed by atoms with Crippen molar-refractivity contribution in [2.45, 2.75) is 32.6 Å². The molecule has 0 saturated carbocycles. The van der Waals surface area contributed by atoms with Gasteiger partial charge in [-0.3, -0.25) is 4.79 Å². The van der Waals surface area contributed by atoms with Crippen LogP contribution in [0.4, 0.5) is 0 Å². The van der Waals surface area contributed by atoms with E-state index in [-0.39, 0.29) is 5.91 Å². The quantitative estimate of drug-likeness (QED) is 0.850. The molecule has 1 atom stereocenters. The number of nitrogens with one attached hydrogen (secondary N) is 1. The van der Waals surface area contributed by atoms with Gasteiger partial charge >= 0.3 is 0 Å². The molecule has 112 valence electrons. The van der Waals surface area contributed by atoms with Crippen molar-refractivity contribution in [2.75, 3.05) is 26.2 Å². The lowest BCUT2D eigenvalue weighted by molar-refractivity contribution is -0.121. The van der Waals surface area contributed by atoms with E-state index in [9.17, 15) is 4.79 Å². The summed E-state index contributed by atoms with van der Waals surface area (Å²) in [5.41, 5.74) is 0. The minimum atomic E-state index is 0.165. The van der Waals surface area contributed by atoms with Gasteiger partial charge in [0.25, 0.3) is 0 Å². The van der Waals surface area contributed by atoms with Crippen molar-refractivity contribution in [2.24, 2.45) is 13.0 Å². The molecule has 1 aromatic rings. The molecule has 2 heterocycles. The maximum atomic E-state index is 11.5. The van der Waals surface area contributed by atoms with Crippen LogP contribution >= 0.6 is 0 Å². The van der Waals surface area contributed by atoms with Crippen LogP contribution < -0.4 is 5.32 Å². The summed E-state index contributed by atoms with van der Waals surface area (Å²) in [6.07, 6.45) is 8.02. The van der Waals surface area contributed by atoms with Crippen LogP contribution in [0.3, 0.4) is 0 Å². The first-order chi connectivity index (χ1) is 9.69. The molecule has 1 aromatic heterocycles. The molecule has 20 heavy (non-hydrogen) atoms. The van der Waals surface area contributed by atoms with Crippen LogP contribution in [-0.4, -0.2) is 46.5 Å². The summed E-state index contributed by atoms with van der Waals surface area (Å²) in [6, 6.07) is 0. The molecule has 1 N–H and O–H groups in total. The summed E-state index contributed by atoms with van der Waals surface area (Å²) in [5, 5.41) is 2.86. The molecule has 0 spiro atoms. The minimum Gasteiger partial charge on any atom is -0.356 e. The number of hydrogen-bond acceptors (Lipinski definition) is 3. The molecule has 5 heteroatoms. The van der Waals surface area contributed by atoms with Gasteiger partial charge in [0.05, 0.1) is 0 Å². The zero-order chi connectivity index (χ0) is 14.4. The van der Waals surface area contributed by atoms with Crippen LogP contribution in [0.1, 0.15) is 32.0 Å². The lowest BCUT2D eigenvalue weighted by Crippen LogP contribution is -2.38. The topological polar surface area (TPSA) is 50.2 Å². The summed E-state index contributed by atoms with van der Waals surface area (Å²) < 4.78 is 2.10. The number of likely N-dealkylation sites (tertiary alicyclic amines) is 1. The number of piperidine rings is 1. The Morgan fingerprint density at radius 1 is 1.55 bits per heavy atom. The third-order valence-corrected chi connectivity index (χ3v) is 4.02. The molecular weight excluding hydrogens is 252 g/mol. The van der Waals surface area contributed by atoms with Gasteiger partial charge in [-0.2, -0.15) is 0 Å². The Morgan fingerprint density at radius 3 is 3.10 bits per heavy atom. The van der Waals surface area contributed by atoms with E-state index in [1.54, 1.807) is 0 Å². The first-order valence-corrected chi connectivity index (χ1v) is 7.64. The van der Waals surface area contributed by atoms with Crippen molar-refractivity contribution in [3.05, 3.63) is 18.2 Å². The summed E-state index contributed by atoms with van der Waals surface area (Å²) in [5.74, 6) is 2.00. The highest BCUT2D eigenvalue weighted by Gasteiger charge is 2.21. The van der Waals surface area contributed by atoms with E-state index in [0.29, 0.717) is 12.3 Å². The first-order valence-electron chi connectivity index (χ1n) is 7.64. The summed E-state index contributed by atoms with van der Waals surface area (Å²) >= 11 is 0. The number of aromatic nitrogens is 2. The third-order valence-electron chi connectivity index (χ3n) is 4.02. The summed E-state index contributed by atoms with van der Waals surface area (Å²) in [7, 11) is 2.05. The van der Waals surface area contributed by atoms with Gasteiger partial charge in [-0.25, -0.2) is 4.98 Å². The lowest BCUT2D eigenvalue weighted by Gasteiger charge is -2.32. The molecule has 5 nitrogen and oxygen atoms in total. The van der Waals surface area contributed by atoms with Crippen molar-refractivity contribution in [3.63, 3.8) is 0 Å². The van der Waals surface area contributed by atoms with Crippen molar-refractivity contribution >= 4 is 5.91 Å². The molecule has 2 rings (SSSR count). The average molecular weight is 278 g/mol. The molecule has 1 amide bonds. The Bertz CT molecular complexity index is 429. The maximum absolute atomic E-state index is 11.5. The van der Waals surface area contributed by atoms with Crippen LogP contribution in [0.15, 0.2) is 12.4 Å². The van der Waals surface area contributed by atoms with Gasteiger partial charge in [0.1, 0.15) is 5.82 Å². The van der Waals surface area contributed by atoms with Crippen LogP contribution in [0, 0.1) is 5.92 Å². The number of carbonyl (C=O) groups excluding carboxylic acids is 1. The summed E-state index contributed by atoms with van der Waals surface area (Å²) in [6.45, 7) is 5.77. The van der Waals surface area contributed by atoms with Gasteiger partial charge < -0.3 is 14.8 Å². The highest BCUT2D eigenvalue weighted by atomic mass is 16.1. The fourth-order valence-electron chi connectivity index (χ4n) is 2.92. The Kier molecular flexibility index (Phi) is 5.59. The molecule has 0 radical (unpaired) electrons. The van der Waals surface area contributed by atoms with Crippen LogP contribution in [0.2, 0.25) is 0 Å². The SMILES string of the molecule is CCNC(=O)CCN1CCC[C@H](Cc2nccn2C)C1. The number of amides is 1. The Hall–Kier alpha value is -1.36. The second-order valence-electron chi connectivity index (χ2n) is 5.67. The van der Waals surface area contributed by atoms with Crippen LogP contribution in [0.5, 0.6) is 0 Å². The number of aryl methyl sites for hydroxylation is 1. The van der Waals surface area contributed by atoms with Crippen LogP contribution in [-0.2, 0) is 18.3 Å².